The molecule has 2 unspecified atom stereocenters. The minimum absolute atomic E-state index is 0.0514. The van der Waals surface area contributed by atoms with Crippen LogP contribution in [-0.2, 0) is 23.9 Å². The van der Waals surface area contributed by atoms with E-state index in [2.05, 4.69) is 30.7 Å². The summed E-state index contributed by atoms with van der Waals surface area (Å²) in [5, 5.41) is 5.48. The van der Waals surface area contributed by atoms with Gasteiger partial charge >= 0.3 is 12.1 Å². The molecule has 0 saturated carbocycles. The van der Waals surface area contributed by atoms with Crippen molar-refractivity contribution in [2.24, 2.45) is 11.8 Å². The summed E-state index contributed by atoms with van der Waals surface area (Å²) in [6.07, 6.45) is 12.1. The van der Waals surface area contributed by atoms with Crippen molar-refractivity contribution in [3.8, 4) is 0 Å². The van der Waals surface area contributed by atoms with Crippen molar-refractivity contribution in [2.45, 2.75) is 123 Å². The van der Waals surface area contributed by atoms with Gasteiger partial charge in [-0.3, -0.25) is 9.59 Å². The second kappa shape index (κ2) is 22.8. The molecule has 3 amide bonds. The Labute approximate surface area is 248 Å². The topological polar surface area (TPSA) is 114 Å². The minimum atomic E-state index is -1.06. The monoisotopic (exact) mass is 579 g/mol. The molecular formula is C32H57N3O6. The zero-order valence-corrected chi connectivity index (χ0v) is 26.5. The highest BCUT2D eigenvalue weighted by Crippen LogP contribution is 2.18. The number of nitrogens with zero attached hydrogens (tertiary/aromatic N) is 1. The zero-order chi connectivity index (χ0) is 31.2. The first-order valence-electron chi connectivity index (χ1n) is 15.4. The Morgan fingerprint density at radius 2 is 1.51 bits per heavy atom. The lowest BCUT2D eigenvalue weighted by molar-refractivity contribution is -0.148. The number of allylic oxidation sites excluding steroid dienone is 2. The lowest BCUT2D eigenvalue weighted by Gasteiger charge is -2.27. The number of hydrogen-bond donors (Lipinski definition) is 2. The molecule has 236 valence electrons. The van der Waals surface area contributed by atoms with Crippen molar-refractivity contribution >= 4 is 23.9 Å². The van der Waals surface area contributed by atoms with E-state index in [4.69, 9.17) is 9.47 Å². The standard InChI is InChI=1S/C32H57N3O6/c1-9-13-15-16-18-21-26(20-17-14-10-2)41-32(39)34-27(22-24(5)6)29(36)33-28(31(38)40-12-4)23-25(19-11-3)30(37)35(7)8/h10-11,24-28H,2-3,9,12-23H2,1,4-8H3,(H,33,36)(H,34,39)/t25?,26?,27-,28-/m0/s1. The normalized spacial score (nSPS) is 13.8. The van der Waals surface area contributed by atoms with Gasteiger partial charge in [-0.05, 0) is 64.2 Å². The van der Waals surface area contributed by atoms with Crippen molar-refractivity contribution in [3.05, 3.63) is 25.3 Å². The molecule has 0 radical (unpaired) electrons. The third-order valence-electron chi connectivity index (χ3n) is 6.80. The largest absolute Gasteiger partial charge is 0.464 e. The quantitative estimate of drug-likeness (QED) is 0.0881. The van der Waals surface area contributed by atoms with E-state index in [1.54, 1.807) is 27.1 Å². The molecule has 0 rings (SSSR count). The smallest absolute Gasteiger partial charge is 0.408 e. The van der Waals surface area contributed by atoms with E-state index in [1.807, 2.05) is 19.9 Å². The molecule has 41 heavy (non-hydrogen) atoms. The van der Waals surface area contributed by atoms with Gasteiger partial charge in [0.2, 0.25) is 11.8 Å². The van der Waals surface area contributed by atoms with Crippen LogP contribution in [0.2, 0.25) is 0 Å². The average Bonchev–Trinajstić information content (AvgIpc) is 2.91. The maximum atomic E-state index is 13.4. The summed E-state index contributed by atoms with van der Waals surface area (Å²) in [7, 11) is 3.28. The Balaban J connectivity index is 5.60. The van der Waals surface area contributed by atoms with Crippen molar-refractivity contribution in [1.82, 2.24) is 15.5 Å². The van der Waals surface area contributed by atoms with Gasteiger partial charge in [-0.15, -0.1) is 13.2 Å². The molecule has 0 aliphatic carbocycles. The van der Waals surface area contributed by atoms with Crippen molar-refractivity contribution in [1.29, 1.82) is 0 Å². The summed E-state index contributed by atoms with van der Waals surface area (Å²) in [5.41, 5.74) is 0. The molecule has 4 atom stereocenters. The Kier molecular flexibility index (Phi) is 21.2. The molecule has 0 aromatic rings. The lowest BCUT2D eigenvalue weighted by Crippen LogP contribution is -2.53. The van der Waals surface area contributed by atoms with Crippen LogP contribution < -0.4 is 10.6 Å². The molecule has 0 spiro atoms. The van der Waals surface area contributed by atoms with Crippen LogP contribution in [-0.4, -0.2) is 67.7 Å². The second-order valence-corrected chi connectivity index (χ2v) is 11.3. The molecule has 9 nitrogen and oxygen atoms in total. The van der Waals surface area contributed by atoms with Crippen LogP contribution >= 0.6 is 0 Å². The first-order valence-corrected chi connectivity index (χ1v) is 15.4. The molecular weight excluding hydrogens is 522 g/mol. The van der Waals surface area contributed by atoms with Gasteiger partial charge < -0.3 is 25.0 Å². The number of esters is 1. The Hall–Kier alpha value is -2.84. The number of carbonyl (C=O) groups excluding carboxylic acids is 4. The molecule has 9 heteroatoms. The highest BCUT2D eigenvalue weighted by Gasteiger charge is 2.33. The average molecular weight is 580 g/mol. The second-order valence-electron chi connectivity index (χ2n) is 11.3. The molecule has 2 N–H and O–H groups in total. The van der Waals surface area contributed by atoms with E-state index in [1.165, 1.54) is 17.7 Å². The fourth-order valence-electron chi connectivity index (χ4n) is 4.64. The molecule has 0 aliphatic heterocycles. The number of amides is 3. The molecule has 0 saturated heterocycles. The van der Waals surface area contributed by atoms with Crippen LogP contribution in [0.5, 0.6) is 0 Å². The SMILES string of the molecule is C=CCCCC(CCCCCCC)OC(=O)N[C@@H](CC(C)C)C(=O)N[C@@H](CC(CC=C)C(=O)N(C)C)C(=O)OCC. The fourth-order valence-corrected chi connectivity index (χ4v) is 4.64. The number of unbranched alkanes of at least 4 members (excludes halogenated alkanes) is 5. The number of alkyl carbamates (subject to hydrolysis) is 1. The van der Waals surface area contributed by atoms with Gasteiger partial charge in [-0.25, -0.2) is 9.59 Å². The summed E-state index contributed by atoms with van der Waals surface area (Å²) in [4.78, 5) is 53.4. The van der Waals surface area contributed by atoms with Gasteiger partial charge in [-0.1, -0.05) is 58.6 Å². The maximum Gasteiger partial charge on any atom is 0.408 e. The molecule has 0 bridgehead atoms. The van der Waals surface area contributed by atoms with Crippen LogP contribution in [0.1, 0.15) is 105 Å². The van der Waals surface area contributed by atoms with Crippen LogP contribution in [0.3, 0.4) is 0 Å². The van der Waals surface area contributed by atoms with E-state index in [-0.39, 0.29) is 31.0 Å². The van der Waals surface area contributed by atoms with Gasteiger partial charge in [0, 0.05) is 20.0 Å². The van der Waals surface area contributed by atoms with Gasteiger partial charge in [0.15, 0.2) is 0 Å². The number of carbonyl (C=O) groups is 4. The number of ether oxygens (including phenoxy) is 2. The lowest BCUT2D eigenvalue weighted by atomic mass is 9.94. The van der Waals surface area contributed by atoms with Crippen molar-refractivity contribution in [3.63, 3.8) is 0 Å². The predicted octanol–water partition coefficient (Wildman–Crippen LogP) is 5.93. The Morgan fingerprint density at radius 3 is 2.07 bits per heavy atom. The van der Waals surface area contributed by atoms with Crippen molar-refractivity contribution in [2.75, 3.05) is 20.7 Å². The summed E-state index contributed by atoms with van der Waals surface area (Å²) < 4.78 is 11.0. The number of nitrogens with one attached hydrogen (secondary N) is 2. The van der Waals surface area contributed by atoms with E-state index in [0.29, 0.717) is 12.8 Å². The summed E-state index contributed by atoms with van der Waals surface area (Å²) in [6.45, 7) is 15.4. The molecule has 0 heterocycles. The van der Waals surface area contributed by atoms with E-state index >= 15 is 0 Å². The third kappa shape index (κ3) is 17.6. The van der Waals surface area contributed by atoms with Crippen LogP contribution in [0, 0.1) is 11.8 Å². The van der Waals surface area contributed by atoms with Gasteiger partial charge in [0.25, 0.3) is 0 Å². The highest BCUT2D eigenvalue weighted by atomic mass is 16.6. The zero-order valence-electron chi connectivity index (χ0n) is 26.5. The molecule has 0 fully saturated rings. The molecule has 0 aromatic carbocycles. The van der Waals surface area contributed by atoms with E-state index in [9.17, 15) is 19.2 Å². The minimum Gasteiger partial charge on any atom is -0.464 e. The predicted molar refractivity (Wildman–Crippen MR) is 164 cm³/mol. The fraction of sp³-hybridized carbons (Fsp3) is 0.750. The number of hydrogen-bond acceptors (Lipinski definition) is 6. The molecule has 0 aliphatic rings. The van der Waals surface area contributed by atoms with Crippen LogP contribution in [0.15, 0.2) is 25.3 Å². The van der Waals surface area contributed by atoms with Gasteiger partial charge in [0.05, 0.1) is 6.61 Å². The third-order valence-corrected chi connectivity index (χ3v) is 6.80. The highest BCUT2D eigenvalue weighted by molar-refractivity contribution is 5.90. The van der Waals surface area contributed by atoms with E-state index in [0.717, 1.165) is 44.9 Å². The van der Waals surface area contributed by atoms with Crippen molar-refractivity contribution < 1.29 is 28.7 Å². The van der Waals surface area contributed by atoms with E-state index < -0.39 is 36.0 Å². The first kappa shape index (κ1) is 38.2. The number of rotatable bonds is 23. The van der Waals surface area contributed by atoms with Gasteiger partial charge in [0.1, 0.15) is 18.2 Å². The summed E-state index contributed by atoms with van der Waals surface area (Å²) >= 11 is 0. The Bertz CT molecular complexity index is 798. The summed E-state index contributed by atoms with van der Waals surface area (Å²) in [6, 6.07) is -1.97. The van der Waals surface area contributed by atoms with Crippen LogP contribution in [0.4, 0.5) is 4.79 Å². The van der Waals surface area contributed by atoms with Crippen LogP contribution in [0.25, 0.3) is 0 Å². The maximum absolute atomic E-state index is 13.4. The Morgan fingerprint density at radius 1 is 0.854 bits per heavy atom. The first-order chi connectivity index (χ1) is 19.5. The summed E-state index contributed by atoms with van der Waals surface area (Å²) in [5.74, 6) is -1.81. The molecule has 0 aromatic heterocycles. The van der Waals surface area contributed by atoms with Gasteiger partial charge in [-0.2, -0.15) is 0 Å².